The molecule has 2 N–H and O–H groups in total. The van der Waals surface area contributed by atoms with E-state index in [4.69, 9.17) is 0 Å². The molecule has 2 unspecified atom stereocenters. The molecule has 7 heteroatoms. The number of rotatable bonds is 8. The Morgan fingerprint density at radius 3 is 2.65 bits per heavy atom. The number of nitrogens with zero attached hydrogens (tertiary/aromatic N) is 1. The van der Waals surface area contributed by atoms with E-state index in [1.165, 1.54) is 0 Å². The van der Waals surface area contributed by atoms with Gasteiger partial charge in [-0.3, -0.25) is 0 Å². The van der Waals surface area contributed by atoms with Crippen LogP contribution >= 0.6 is 11.8 Å². The zero-order valence-corrected chi connectivity index (χ0v) is 14.7. The molecular weight excluding hydrogens is 294 g/mol. The van der Waals surface area contributed by atoms with E-state index < -0.39 is 10.2 Å². The SMILES string of the molecule is CSC(C)CNS(=O)(=O)N1CCCC(CNC(C)C)C1. The largest absolute Gasteiger partial charge is 0.314 e. The number of thioether (sulfide) groups is 1. The zero-order chi connectivity index (χ0) is 15.2. The van der Waals surface area contributed by atoms with Gasteiger partial charge in [0.1, 0.15) is 0 Å². The molecule has 0 spiro atoms. The molecule has 0 bridgehead atoms. The van der Waals surface area contributed by atoms with Gasteiger partial charge in [0, 0.05) is 30.9 Å². The summed E-state index contributed by atoms with van der Waals surface area (Å²) in [4.78, 5) is 0. The van der Waals surface area contributed by atoms with Crippen molar-refractivity contribution >= 4 is 22.0 Å². The summed E-state index contributed by atoms with van der Waals surface area (Å²) in [6.07, 6.45) is 4.05. The molecule has 1 aliphatic rings. The first-order valence-electron chi connectivity index (χ1n) is 7.36. The highest BCUT2D eigenvalue weighted by Crippen LogP contribution is 2.18. The predicted molar refractivity (Wildman–Crippen MR) is 87.3 cm³/mol. The maximum absolute atomic E-state index is 12.3. The molecule has 0 aliphatic carbocycles. The van der Waals surface area contributed by atoms with Gasteiger partial charge in [-0.1, -0.05) is 20.8 Å². The van der Waals surface area contributed by atoms with Crippen molar-refractivity contribution in [3.63, 3.8) is 0 Å². The van der Waals surface area contributed by atoms with E-state index in [-0.39, 0.29) is 0 Å². The molecule has 20 heavy (non-hydrogen) atoms. The Bertz CT molecular complexity index is 374. The van der Waals surface area contributed by atoms with Gasteiger partial charge in [-0.15, -0.1) is 0 Å². The maximum Gasteiger partial charge on any atom is 0.279 e. The molecular formula is C13H29N3O2S2. The van der Waals surface area contributed by atoms with E-state index in [1.54, 1.807) is 16.1 Å². The minimum Gasteiger partial charge on any atom is -0.314 e. The van der Waals surface area contributed by atoms with Crippen LogP contribution in [0.1, 0.15) is 33.6 Å². The molecule has 5 nitrogen and oxygen atoms in total. The molecule has 0 saturated carbocycles. The summed E-state index contributed by atoms with van der Waals surface area (Å²) in [5.74, 6) is 0.417. The van der Waals surface area contributed by atoms with E-state index in [0.717, 1.165) is 19.4 Å². The predicted octanol–water partition coefficient (Wildman–Crippen LogP) is 1.28. The van der Waals surface area contributed by atoms with Crippen LogP contribution in [0.3, 0.4) is 0 Å². The topological polar surface area (TPSA) is 61.4 Å². The molecule has 120 valence electrons. The second-order valence-corrected chi connectivity index (χ2v) is 8.86. The zero-order valence-electron chi connectivity index (χ0n) is 13.1. The molecule has 0 aromatic heterocycles. The summed E-state index contributed by atoms with van der Waals surface area (Å²) in [6.45, 7) is 8.91. The Balaban J connectivity index is 2.48. The number of hydrogen-bond donors (Lipinski definition) is 2. The second kappa shape index (κ2) is 8.58. The summed E-state index contributed by atoms with van der Waals surface area (Å²) in [7, 11) is -3.32. The van der Waals surface area contributed by atoms with Gasteiger partial charge >= 0.3 is 0 Å². The van der Waals surface area contributed by atoms with Crippen molar-refractivity contribution in [2.45, 2.75) is 44.9 Å². The minimum atomic E-state index is -3.32. The summed E-state index contributed by atoms with van der Waals surface area (Å²) < 4.78 is 28.9. The van der Waals surface area contributed by atoms with Crippen molar-refractivity contribution in [1.82, 2.24) is 14.3 Å². The Morgan fingerprint density at radius 1 is 1.35 bits per heavy atom. The van der Waals surface area contributed by atoms with Crippen LogP contribution in [0, 0.1) is 5.92 Å². The van der Waals surface area contributed by atoms with Gasteiger partial charge in [0.05, 0.1) is 0 Å². The van der Waals surface area contributed by atoms with Crippen LogP contribution in [0.2, 0.25) is 0 Å². The molecule has 0 aromatic rings. The van der Waals surface area contributed by atoms with Crippen molar-refractivity contribution in [2.24, 2.45) is 5.92 Å². The third kappa shape index (κ3) is 6.30. The van der Waals surface area contributed by atoms with Crippen LogP contribution in [-0.2, 0) is 10.2 Å². The van der Waals surface area contributed by atoms with Gasteiger partial charge in [0.15, 0.2) is 0 Å². The van der Waals surface area contributed by atoms with Gasteiger partial charge in [-0.05, 0) is 31.6 Å². The lowest BCUT2D eigenvalue weighted by molar-refractivity contribution is 0.254. The molecule has 0 aromatic carbocycles. The van der Waals surface area contributed by atoms with E-state index in [0.29, 0.717) is 36.8 Å². The molecule has 1 aliphatic heterocycles. The summed E-state index contributed by atoms with van der Waals surface area (Å²) in [6, 6.07) is 0.447. The average Bonchev–Trinajstić information content (AvgIpc) is 2.43. The fourth-order valence-electron chi connectivity index (χ4n) is 2.21. The lowest BCUT2D eigenvalue weighted by atomic mass is 9.99. The van der Waals surface area contributed by atoms with Crippen LogP contribution in [-0.4, -0.2) is 56.4 Å². The first kappa shape index (κ1) is 18.2. The first-order valence-corrected chi connectivity index (χ1v) is 10.1. The standard InChI is InChI=1S/C13H29N3O2S2/c1-11(2)14-9-13-6-5-7-16(10-13)20(17,18)15-8-12(3)19-4/h11-15H,5-10H2,1-4H3. The lowest BCUT2D eigenvalue weighted by Crippen LogP contribution is -2.49. The highest BCUT2D eigenvalue weighted by Gasteiger charge is 2.28. The molecule has 0 amide bonds. The van der Waals surface area contributed by atoms with Crippen LogP contribution in [0.25, 0.3) is 0 Å². The van der Waals surface area contributed by atoms with E-state index in [1.807, 2.05) is 13.2 Å². The van der Waals surface area contributed by atoms with Crippen LogP contribution < -0.4 is 10.0 Å². The number of hydrogen-bond acceptors (Lipinski definition) is 4. The average molecular weight is 324 g/mol. The normalized spacial score (nSPS) is 23.1. The van der Waals surface area contributed by atoms with Crippen LogP contribution in [0.4, 0.5) is 0 Å². The molecule has 1 heterocycles. The summed E-state index contributed by atoms with van der Waals surface area (Å²) >= 11 is 1.67. The highest BCUT2D eigenvalue weighted by atomic mass is 32.2. The number of piperidine rings is 1. The van der Waals surface area contributed by atoms with Crippen molar-refractivity contribution in [1.29, 1.82) is 0 Å². The molecule has 1 rings (SSSR count). The van der Waals surface area contributed by atoms with E-state index in [2.05, 4.69) is 23.9 Å². The van der Waals surface area contributed by atoms with Crippen molar-refractivity contribution in [3.05, 3.63) is 0 Å². The Hall–Kier alpha value is 0.180. The minimum absolute atomic E-state index is 0.299. The fraction of sp³-hybridized carbons (Fsp3) is 1.00. The molecule has 0 radical (unpaired) electrons. The monoisotopic (exact) mass is 323 g/mol. The highest BCUT2D eigenvalue weighted by molar-refractivity contribution is 7.99. The van der Waals surface area contributed by atoms with Crippen molar-refractivity contribution < 1.29 is 8.42 Å². The Kier molecular flexibility index (Phi) is 7.82. The third-order valence-electron chi connectivity index (χ3n) is 3.59. The van der Waals surface area contributed by atoms with E-state index in [9.17, 15) is 8.42 Å². The Labute approximate surface area is 128 Å². The number of nitrogens with one attached hydrogen (secondary N) is 2. The van der Waals surface area contributed by atoms with E-state index >= 15 is 0 Å². The van der Waals surface area contributed by atoms with Crippen LogP contribution in [0.15, 0.2) is 0 Å². The molecule has 1 fully saturated rings. The van der Waals surface area contributed by atoms with Crippen LogP contribution in [0.5, 0.6) is 0 Å². The quantitative estimate of drug-likeness (QED) is 0.706. The van der Waals surface area contributed by atoms with Gasteiger partial charge in [0.25, 0.3) is 10.2 Å². The smallest absolute Gasteiger partial charge is 0.279 e. The third-order valence-corrected chi connectivity index (χ3v) is 6.11. The van der Waals surface area contributed by atoms with Gasteiger partial charge in [0.2, 0.25) is 0 Å². The maximum atomic E-state index is 12.3. The second-order valence-electron chi connectivity index (χ2n) is 5.83. The van der Waals surface area contributed by atoms with Crippen molar-refractivity contribution in [2.75, 3.05) is 32.4 Å². The molecule has 2 atom stereocenters. The van der Waals surface area contributed by atoms with Gasteiger partial charge < -0.3 is 5.32 Å². The lowest BCUT2D eigenvalue weighted by Gasteiger charge is -2.32. The fourth-order valence-corrected chi connectivity index (χ4v) is 3.99. The van der Waals surface area contributed by atoms with Gasteiger partial charge in [-0.25, -0.2) is 4.72 Å². The summed E-state index contributed by atoms with van der Waals surface area (Å²) in [5.41, 5.74) is 0. The molecule has 1 saturated heterocycles. The summed E-state index contributed by atoms with van der Waals surface area (Å²) in [5, 5.41) is 3.70. The first-order chi connectivity index (χ1) is 9.35. The van der Waals surface area contributed by atoms with Crippen molar-refractivity contribution in [3.8, 4) is 0 Å². The van der Waals surface area contributed by atoms with Gasteiger partial charge in [-0.2, -0.15) is 24.5 Å². The Morgan fingerprint density at radius 2 is 2.05 bits per heavy atom.